The fourth-order valence-corrected chi connectivity index (χ4v) is 3.98. The Morgan fingerprint density at radius 2 is 1.97 bits per heavy atom. The molecular weight excluding hydrogens is 423 g/mol. The van der Waals surface area contributed by atoms with Crippen molar-refractivity contribution in [1.29, 1.82) is 0 Å². The van der Waals surface area contributed by atoms with Crippen molar-refractivity contribution in [3.63, 3.8) is 0 Å². The van der Waals surface area contributed by atoms with Crippen LogP contribution in [-0.4, -0.2) is 60.4 Å². The summed E-state index contributed by atoms with van der Waals surface area (Å²) in [5, 5.41) is 11.2. The van der Waals surface area contributed by atoms with E-state index in [1.165, 1.54) is 17.0 Å². The third-order valence-electron chi connectivity index (χ3n) is 5.56. The molecule has 0 aliphatic carbocycles. The number of carbonyl (C=O) groups is 2. The minimum absolute atomic E-state index is 0.113. The molecule has 7 heteroatoms. The van der Waals surface area contributed by atoms with E-state index < -0.39 is 23.5 Å². The van der Waals surface area contributed by atoms with Gasteiger partial charge in [0.05, 0.1) is 11.6 Å². The molecule has 0 aromatic heterocycles. The first-order chi connectivity index (χ1) is 15.8. The van der Waals surface area contributed by atoms with Crippen molar-refractivity contribution in [3.05, 3.63) is 83.2 Å². The second kappa shape index (κ2) is 10.4. The Labute approximate surface area is 193 Å². The molecule has 1 aliphatic rings. The van der Waals surface area contributed by atoms with E-state index >= 15 is 0 Å². The Morgan fingerprint density at radius 3 is 2.61 bits per heavy atom. The van der Waals surface area contributed by atoms with Crippen LogP contribution in [0.15, 0.2) is 60.7 Å². The Hall–Kier alpha value is -3.45. The molecule has 1 amide bonds. The Balaban J connectivity index is 2.10. The summed E-state index contributed by atoms with van der Waals surface area (Å²) in [4.78, 5) is 29.3. The van der Waals surface area contributed by atoms with Crippen molar-refractivity contribution in [1.82, 2.24) is 9.80 Å². The maximum absolute atomic E-state index is 14.8. The quantitative estimate of drug-likeness (QED) is 0.269. The number of Topliss-reactive ketones (excluding diaryl/α,β-unsaturated/α-hetero) is 1. The number of hydrogen-bond acceptors (Lipinski definition) is 5. The molecular formula is C26H29FN2O4. The van der Waals surface area contributed by atoms with Gasteiger partial charge in [0.25, 0.3) is 11.7 Å². The molecule has 1 N–H and O–H groups in total. The first-order valence-electron chi connectivity index (χ1n) is 10.8. The van der Waals surface area contributed by atoms with Gasteiger partial charge in [0.2, 0.25) is 0 Å². The van der Waals surface area contributed by atoms with Gasteiger partial charge in [-0.15, -0.1) is 0 Å². The Kier molecular flexibility index (Phi) is 7.66. The number of nitrogens with zero attached hydrogens (tertiary/aromatic N) is 2. The maximum Gasteiger partial charge on any atom is 0.295 e. The van der Waals surface area contributed by atoms with Crippen molar-refractivity contribution in [3.8, 4) is 5.75 Å². The number of benzene rings is 2. The van der Waals surface area contributed by atoms with Crippen LogP contribution >= 0.6 is 0 Å². The third-order valence-corrected chi connectivity index (χ3v) is 5.56. The van der Waals surface area contributed by atoms with E-state index in [9.17, 15) is 19.1 Å². The molecule has 3 rings (SSSR count). The van der Waals surface area contributed by atoms with E-state index in [1.54, 1.807) is 43.3 Å². The Morgan fingerprint density at radius 1 is 1.24 bits per heavy atom. The van der Waals surface area contributed by atoms with Gasteiger partial charge in [0.1, 0.15) is 23.9 Å². The molecule has 1 unspecified atom stereocenters. The highest BCUT2D eigenvalue weighted by Crippen LogP contribution is 2.41. The van der Waals surface area contributed by atoms with Crippen molar-refractivity contribution >= 4 is 17.4 Å². The topological polar surface area (TPSA) is 70.1 Å². The smallest absolute Gasteiger partial charge is 0.295 e. The molecule has 33 heavy (non-hydrogen) atoms. The van der Waals surface area contributed by atoms with E-state index in [2.05, 4.69) is 6.58 Å². The normalized spacial score (nSPS) is 17.6. The van der Waals surface area contributed by atoms with E-state index in [4.69, 9.17) is 4.74 Å². The van der Waals surface area contributed by atoms with E-state index in [0.717, 1.165) is 0 Å². The molecule has 1 saturated heterocycles. The number of likely N-dealkylation sites (tertiary alicyclic amines) is 1. The average molecular weight is 453 g/mol. The van der Waals surface area contributed by atoms with Gasteiger partial charge in [-0.2, -0.15) is 0 Å². The molecule has 0 bridgehead atoms. The molecule has 2 aromatic carbocycles. The highest BCUT2D eigenvalue weighted by atomic mass is 19.1. The number of hydrogen-bond donors (Lipinski definition) is 1. The minimum Gasteiger partial charge on any atom is -0.507 e. The zero-order chi connectivity index (χ0) is 24.1. The largest absolute Gasteiger partial charge is 0.507 e. The lowest BCUT2D eigenvalue weighted by atomic mass is 9.93. The van der Waals surface area contributed by atoms with Crippen LogP contribution in [0, 0.1) is 12.7 Å². The van der Waals surface area contributed by atoms with Gasteiger partial charge in [0, 0.05) is 17.7 Å². The summed E-state index contributed by atoms with van der Waals surface area (Å²) in [5.41, 5.74) is 1.10. The summed E-state index contributed by atoms with van der Waals surface area (Å²) in [5.74, 6) is -1.86. The number of amides is 1. The van der Waals surface area contributed by atoms with Gasteiger partial charge in [-0.3, -0.25) is 9.59 Å². The number of aliphatic hydroxyl groups excluding tert-OH is 1. The van der Waals surface area contributed by atoms with E-state index in [1.807, 2.05) is 19.0 Å². The van der Waals surface area contributed by atoms with Gasteiger partial charge >= 0.3 is 0 Å². The SMILES string of the molecule is C=CCOc1ccc(C(O)=C2C(=O)C(=O)N(CCCN(C)C)C2c2ccccc2F)c(C)c1. The standard InChI is InChI=1S/C26H29FN2O4/c1-5-15-33-18-11-12-19(17(2)16-18)24(30)22-23(20-9-6-7-10-21(20)27)29(26(32)25(22)31)14-8-13-28(3)4/h5-7,9-12,16,23,30H,1,8,13-15H2,2-4H3. The summed E-state index contributed by atoms with van der Waals surface area (Å²) >= 11 is 0. The van der Waals surface area contributed by atoms with Gasteiger partial charge < -0.3 is 19.6 Å². The maximum atomic E-state index is 14.8. The molecule has 1 heterocycles. The van der Waals surface area contributed by atoms with Gasteiger partial charge in [0.15, 0.2) is 0 Å². The highest BCUT2D eigenvalue weighted by Gasteiger charge is 2.46. The lowest BCUT2D eigenvalue weighted by Crippen LogP contribution is -2.32. The van der Waals surface area contributed by atoms with Crippen molar-refractivity contribution in [2.24, 2.45) is 0 Å². The number of aliphatic hydroxyl groups is 1. The van der Waals surface area contributed by atoms with Crippen LogP contribution in [0.4, 0.5) is 4.39 Å². The summed E-state index contributed by atoms with van der Waals surface area (Å²) in [6.07, 6.45) is 2.22. The number of ketones is 1. The first kappa shape index (κ1) is 24.2. The lowest BCUT2D eigenvalue weighted by molar-refractivity contribution is -0.140. The summed E-state index contributed by atoms with van der Waals surface area (Å²) in [6, 6.07) is 10.0. The van der Waals surface area contributed by atoms with Crippen LogP contribution in [0.2, 0.25) is 0 Å². The molecule has 2 aromatic rings. The summed E-state index contributed by atoms with van der Waals surface area (Å²) < 4.78 is 20.3. The zero-order valence-electron chi connectivity index (χ0n) is 19.2. The fraction of sp³-hybridized carbons (Fsp3) is 0.308. The second-order valence-electron chi connectivity index (χ2n) is 8.25. The number of halogens is 1. The van der Waals surface area contributed by atoms with Gasteiger partial charge in [-0.05, 0) is 63.8 Å². The van der Waals surface area contributed by atoms with Crippen LogP contribution in [0.1, 0.15) is 29.2 Å². The number of ether oxygens (including phenoxy) is 1. The molecule has 1 fully saturated rings. The van der Waals surface area contributed by atoms with Crippen LogP contribution in [0.3, 0.4) is 0 Å². The average Bonchev–Trinajstić information content (AvgIpc) is 3.02. The lowest BCUT2D eigenvalue weighted by Gasteiger charge is -2.26. The third kappa shape index (κ3) is 5.14. The number of aryl methyl sites for hydroxylation is 1. The van der Waals surface area contributed by atoms with Crippen LogP contribution in [-0.2, 0) is 9.59 Å². The predicted molar refractivity (Wildman–Crippen MR) is 125 cm³/mol. The second-order valence-corrected chi connectivity index (χ2v) is 8.25. The molecule has 1 aliphatic heterocycles. The molecule has 6 nitrogen and oxygen atoms in total. The number of carbonyl (C=O) groups excluding carboxylic acids is 2. The highest BCUT2D eigenvalue weighted by molar-refractivity contribution is 6.46. The zero-order valence-corrected chi connectivity index (χ0v) is 19.2. The molecule has 1 atom stereocenters. The summed E-state index contributed by atoms with van der Waals surface area (Å²) in [7, 11) is 3.82. The van der Waals surface area contributed by atoms with Crippen LogP contribution in [0.25, 0.3) is 5.76 Å². The Bertz CT molecular complexity index is 1090. The molecule has 174 valence electrons. The molecule has 0 spiro atoms. The van der Waals surface area contributed by atoms with Crippen LogP contribution in [0.5, 0.6) is 5.75 Å². The monoisotopic (exact) mass is 452 g/mol. The minimum atomic E-state index is -1.01. The molecule has 0 saturated carbocycles. The number of rotatable bonds is 9. The van der Waals surface area contributed by atoms with E-state index in [0.29, 0.717) is 36.4 Å². The summed E-state index contributed by atoms with van der Waals surface area (Å²) in [6.45, 7) is 6.66. The predicted octanol–water partition coefficient (Wildman–Crippen LogP) is 4.07. The van der Waals surface area contributed by atoms with E-state index in [-0.39, 0.29) is 23.4 Å². The fourth-order valence-electron chi connectivity index (χ4n) is 3.98. The van der Waals surface area contributed by atoms with Crippen molar-refractivity contribution in [2.45, 2.75) is 19.4 Å². The van der Waals surface area contributed by atoms with Crippen molar-refractivity contribution in [2.75, 3.05) is 33.8 Å². The van der Waals surface area contributed by atoms with Crippen molar-refractivity contribution < 1.29 is 23.8 Å². The van der Waals surface area contributed by atoms with Gasteiger partial charge in [-0.25, -0.2) is 4.39 Å². The first-order valence-corrected chi connectivity index (χ1v) is 10.8. The van der Waals surface area contributed by atoms with Crippen LogP contribution < -0.4 is 4.74 Å². The molecule has 0 radical (unpaired) electrons. The van der Waals surface area contributed by atoms with Gasteiger partial charge in [-0.1, -0.05) is 30.9 Å².